The van der Waals surface area contributed by atoms with E-state index in [1.807, 2.05) is 13.8 Å². The lowest BCUT2D eigenvalue weighted by Crippen LogP contribution is -2.21. The number of rotatable bonds is 5. The predicted molar refractivity (Wildman–Crippen MR) is 74.7 cm³/mol. The molecule has 2 N–H and O–H groups in total. The number of aromatic amines is 1. The van der Waals surface area contributed by atoms with E-state index >= 15 is 0 Å². The van der Waals surface area contributed by atoms with E-state index < -0.39 is 5.91 Å². The quantitative estimate of drug-likeness (QED) is 0.857. The molecule has 2 aromatic heterocycles. The fourth-order valence-corrected chi connectivity index (χ4v) is 1.76. The highest BCUT2D eigenvalue weighted by Crippen LogP contribution is 2.06. The zero-order chi connectivity index (χ0) is 14.5. The zero-order valence-electron chi connectivity index (χ0n) is 11.5. The van der Waals surface area contributed by atoms with Crippen molar-refractivity contribution in [3.05, 3.63) is 40.3 Å². The van der Waals surface area contributed by atoms with Gasteiger partial charge in [0.25, 0.3) is 11.5 Å². The molecule has 0 atom stereocenters. The Morgan fingerprint density at radius 1 is 1.40 bits per heavy atom. The Morgan fingerprint density at radius 2 is 2.20 bits per heavy atom. The van der Waals surface area contributed by atoms with Crippen molar-refractivity contribution in [2.45, 2.75) is 33.2 Å². The number of hydrogen-bond donors (Lipinski definition) is 2. The Labute approximate surface area is 116 Å². The van der Waals surface area contributed by atoms with Crippen LogP contribution in [0.15, 0.2) is 23.1 Å². The standard InChI is InChI=1S/C13H17N5O2/c1-3-7-18-8-9(5-6-11(18)19)14-13(20)12-15-10(4-2)16-17-12/h5-6,8H,3-4,7H2,1-2H3,(H,14,20)(H,15,16,17). The van der Waals surface area contributed by atoms with Gasteiger partial charge in [-0.1, -0.05) is 13.8 Å². The van der Waals surface area contributed by atoms with E-state index in [2.05, 4.69) is 20.5 Å². The number of nitrogens with one attached hydrogen (secondary N) is 2. The minimum Gasteiger partial charge on any atom is -0.318 e. The molecule has 20 heavy (non-hydrogen) atoms. The first-order valence-electron chi connectivity index (χ1n) is 6.57. The van der Waals surface area contributed by atoms with Crippen LogP contribution in [0.3, 0.4) is 0 Å². The fraction of sp³-hybridized carbons (Fsp3) is 0.385. The first-order valence-corrected chi connectivity index (χ1v) is 6.57. The monoisotopic (exact) mass is 275 g/mol. The Balaban J connectivity index is 2.15. The third kappa shape index (κ3) is 3.11. The Kier molecular flexibility index (Phi) is 4.29. The van der Waals surface area contributed by atoms with Gasteiger partial charge in [0.2, 0.25) is 5.82 Å². The van der Waals surface area contributed by atoms with Gasteiger partial charge in [-0.05, 0) is 12.5 Å². The van der Waals surface area contributed by atoms with Crippen LogP contribution >= 0.6 is 0 Å². The molecule has 0 aliphatic rings. The Morgan fingerprint density at radius 3 is 2.85 bits per heavy atom. The number of carbonyl (C=O) groups is 1. The van der Waals surface area contributed by atoms with Gasteiger partial charge in [0.05, 0.1) is 5.69 Å². The maximum absolute atomic E-state index is 12.0. The Hall–Kier alpha value is -2.44. The van der Waals surface area contributed by atoms with Crippen LogP contribution in [0.1, 0.15) is 36.7 Å². The Bertz CT molecular complexity index is 659. The van der Waals surface area contributed by atoms with Gasteiger partial charge >= 0.3 is 0 Å². The lowest BCUT2D eigenvalue weighted by Gasteiger charge is -2.07. The van der Waals surface area contributed by atoms with E-state index in [9.17, 15) is 9.59 Å². The molecule has 0 bridgehead atoms. The van der Waals surface area contributed by atoms with Crippen LogP contribution < -0.4 is 10.9 Å². The largest absolute Gasteiger partial charge is 0.318 e. The van der Waals surface area contributed by atoms with Crippen LogP contribution in [0.5, 0.6) is 0 Å². The minimum absolute atomic E-state index is 0.0870. The van der Waals surface area contributed by atoms with Gasteiger partial charge in [-0.15, -0.1) is 5.10 Å². The van der Waals surface area contributed by atoms with Crippen LogP contribution in [0.4, 0.5) is 5.69 Å². The number of aryl methyl sites for hydroxylation is 2. The lowest BCUT2D eigenvalue weighted by molar-refractivity contribution is 0.101. The second-order valence-electron chi connectivity index (χ2n) is 4.36. The van der Waals surface area contributed by atoms with Gasteiger partial charge in [0.1, 0.15) is 5.82 Å². The summed E-state index contributed by atoms with van der Waals surface area (Å²) in [6.45, 7) is 4.52. The number of anilines is 1. The van der Waals surface area contributed by atoms with Gasteiger partial charge < -0.3 is 9.88 Å². The van der Waals surface area contributed by atoms with Crippen molar-refractivity contribution in [3.63, 3.8) is 0 Å². The normalized spacial score (nSPS) is 10.5. The molecule has 2 aromatic rings. The highest BCUT2D eigenvalue weighted by atomic mass is 16.2. The predicted octanol–water partition coefficient (Wildman–Crippen LogP) is 1.19. The van der Waals surface area contributed by atoms with Gasteiger partial charge in [0, 0.05) is 25.2 Å². The van der Waals surface area contributed by atoms with E-state index in [4.69, 9.17) is 0 Å². The molecule has 0 fully saturated rings. The van der Waals surface area contributed by atoms with Crippen LogP contribution in [0.25, 0.3) is 0 Å². The molecule has 7 nitrogen and oxygen atoms in total. The van der Waals surface area contributed by atoms with E-state index in [-0.39, 0.29) is 11.4 Å². The molecule has 0 saturated heterocycles. The number of pyridine rings is 1. The van der Waals surface area contributed by atoms with Crippen molar-refractivity contribution in [2.75, 3.05) is 5.32 Å². The molecule has 1 amide bonds. The van der Waals surface area contributed by atoms with Gasteiger partial charge in [-0.25, -0.2) is 4.98 Å². The van der Waals surface area contributed by atoms with Gasteiger partial charge in [-0.3, -0.25) is 14.7 Å². The summed E-state index contributed by atoms with van der Waals surface area (Å²) in [4.78, 5) is 27.6. The zero-order valence-corrected chi connectivity index (χ0v) is 11.5. The van der Waals surface area contributed by atoms with Crippen LogP contribution in [-0.2, 0) is 13.0 Å². The van der Waals surface area contributed by atoms with Crippen LogP contribution in [-0.4, -0.2) is 25.7 Å². The smallest absolute Gasteiger partial charge is 0.295 e. The van der Waals surface area contributed by atoms with Crippen molar-refractivity contribution in [1.29, 1.82) is 0 Å². The summed E-state index contributed by atoms with van der Waals surface area (Å²) in [5, 5.41) is 9.21. The number of carbonyl (C=O) groups excluding carboxylic acids is 1. The van der Waals surface area contributed by atoms with Crippen LogP contribution in [0.2, 0.25) is 0 Å². The average Bonchev–Trinajstić information content (AvgIpc) is 2.92. The minimum atomic E-state index is -0.400. The highest BCUT2D eigenvalue weighted by molar-refractivity contribution is 6.01. The number of amides is 1. The molecule has 0 spiro atoms. The molecule has 0 aliphatic heterocycles. The maximum Gasteiger partial charge on any atom is 0.295 e. The molecule has 0 aliphatic carbocycles. The molecular weight excluding hydrogens is 258 g/mol. The van der Waals surface area contributed by atoms with Gasteiger partial charge in [-0.2, -0.15) is 0 Å². The summed E-state index contributed by atoms with van der Waals surface area (Å²) in [5.41, 5.74) is 0.460. The van der Waals surface area contributed by atoms with Crippen molar-refractivity contribution < 1.29 is 4.79 Å². The summed E-state index contributed by atoms with van der Waals surface area (Å²) in [7, 11) is 0. The van der Waals surface area contributed by atoms with E-state index in [0.29, 0.717) is 24.5 Å². The van der Waals surface area contributed by atoms with Crippen molar-refractivity contribution in [3.8, 4) is 0 Å². The summed E-state index contributed by atoms with van der Waals surface area (Å²) in [6.07, 6.45) is 3.15. The number of nitrogens with zero attached hydrogens (tertiary/aromatic N) is 3. The van der Waals surface area contributed by atoms with Crippen molar-refractivity contribution in [1.82, 2.24) is 19.7 Å². The van der Waals surface area contributed by atoms with E-state index in [1.54, 1.807) is 16.8 Å². The molecule has 2 rings (SSSR count). The summed E-state index contributed by atoms with van der Waals surface area (Å²) in [5.74, 6) is 0.351. The van der Waals surface area contributed by atoms with E-state index in [1.165, 1.54) is 6.07 Å². The SMILES string of the molecule is CCCn1cc(NC(=O)c2n[nH]c(CC)n2)ccc1=O. The second kappa shape index (κ2) is 6.14. The third-order valence-corrected chi connectivity index (χ3v) is 2.78. The first kappa shape index (κ1) is 14.0. The van der Waals surface area contributed by atoms with Gasteiger partial charge in [0.15, 0.2) is 0 Å². The molecule has 0 saturated carbocycles. The summed E-state index contributed by atoms with van der Waals surface area (Å²) >= 11 is 0. The molecular formula is C13H17N5O2. The third-order valence-electron chi connectivity index (χ3n) is 2.78. The molecule has 106 valence electrons. The average molecular weight is 275 g/mol. The molecule has 7 heteroatoms. The molecule has 0 radical (unpaired) electrons. The number of aromatic nitrogens is 4. The maximum atomic E-state index is 12.0. The molecule has 0 unspecified atom stereocenters. The van der Waals surface area contributed by atoms with E-state index in [0.717, 1.165) is 6.42 Å². The lowest BCUT2D eigenvalue weighted by atomic mass is 10.3. The first-order chi connectivity index (χ1) is 9.63. The fourth-order valence-electron chi connectivity index (χ4n) is 1.76. The van der Waals surface area contributed by atoms with Crippen molar-refractivity contribution in [2.24, 2.45) is 0 Å². The summed E-state index contributed by atoms with van der Waals surface area (Å²) < 4.78 is 1.56. The molecule has 0 aromatic carbocycles. The summed E-state index contributed by atoms with van der Waals surface area (Å²) in [6, 6.07) is 3.00. The highest BCUT2D eigenvalue weighted by Gasteiger charge is 2.12. The topological polar surface area (TPSA) is 92.7 Å². The van der Waals surface area contributed by atoms with Crippen molar-refractivity contribution >= 4 is 11.6 Å². The number of H-pyrrole nitrogens is 1. The van der Waals surface area contributed by atoms with Crippen LogP contribution in [0, 0.1) is 0 Å². The second-order valence-corrected chi connectivity index (χ2v) is 4.36. The molecule has 2 heterocycles. The number of hydrogen-bond acceptors (Lipinski definition) is 4.